The minimum atomic E-state index is -1.14. The molecule has 0 radical (unpaired) electrons. The fraction of sp³-hybridized carbons (Fsp3) is 0.522. The van der Waals surface area contributed by atoms with Crippen molar-refractivity contribution in [2.75, 3.05) is 14.2 Å². The summed E-state index contributed by atoms with van der Waals surface area (Å²) in [6.45, 7) is 8.84. The van der Waals surface area contributed by atoms with Crippen LogP contribution in [0.25, 0.3) is 6.08 Å². The van der Waals surface area contributed by atoms with Crippen molar-refractivity contribution < 1.29 is 33.2 Å². The van der Waals surface area contributed by atoms with E-state index in [0.717, 1.165) is 0 Å². The molecule has 1 saturated heterocycles. The van der Waals surface area contributed by atoms with Gasteiger partial charge in [-0.05, 0) is 32.4 Å². The van der Waals surface area contributed by atoms with Gasteiger partial charge in [-0.1, -0.05) is 36.4 Å². The Morgan fingerprint density at radius 3 is 2.10 bits per heavy atom. The largest absolute Gasteiger partial charge is 0.452 e. The quantitative estimate of drug-likeness (QED) is 0.527. The maximum absolute atomic E-state index is 12.6. The lowest BCUT2D eigenvalue weighted by Crippen LogP contribution is -2.64. The molecule has 1 fully saturated rings. The zero-order chi connectivity index (χ0) is 22.2. The Bertz CT molecular complexity index is 859. The van der Waals surface area contributed by atoms with Crippen molar-refractivity contribution in [3.63, 3.8) is 0 Å². The average molecular weight is 418 g/mol. The average Bonchev–Trinajstić information content (AvgIpc) is 2.68. The van der Waals surface area contributed by atoms with Crippen LogP contribution in [0.3, 0.4) is 0 Å². The van der Waals surface area contributed by atoms with Crippen LogP contribution in [0.4, 0.5) is 0 Å². The number of rotatable bonds is 5. The molecule has 30 heavy (non-hydrogen) atoms. The minimum Gasteiger partial charge on any atom is -0.452 e. The number of methoxy groups -OCH3 is 2. The Labute approximate surface area is 177 Å². The first-order valence-electron chi connectivity index (χ1n) is 9.90. The van der Waals surface area contributed by atoms with E-state index in [1.54, 1.807) is 54.1 Å². The Hall–Kier alpha value is -2.19. The van der Waals surface area contributed by atoms with E-state index in [0.29, 0.717) is 16.9 Å². The summed E-state index contributed by atoms with van der Waals surface area (Å²) in [5.74, 6) is -3.20. The van der Waals surface area contributed by atoms with Crippen LogP contribution in [0.5, 0.6) is 5.75 Å². The van der Waals surface area contributed by atoms with Crippen molar-refractivity contribution >= 4 is 12.0 Å². The number of ether oxygens (including phenoxy) is 6. The fourth-order valence-corrected chi connectivity index (χ4v) is 3.57. The Morgan fingerprint density at radius 2 is 1.53 bits per heavy atom. The Morgan fingerprint density at radius 1 is 0.933 bits per heavy atom. The second-order valence-electron chi connectivity index (χ2n) is 7.96. The maximum Gasteiger partial charge on any atom is 0.345 e. The number of esters is 1. The molecule has 1 aromatic carbocycles. The third kappa shape index (κ3) is 4.03. The van der Waals surface area contributed by atoms with Gasteiger partial charge in [0.2, 0.25) is 17.4 Å². The standard InChI is InChI=1S/C23H30O7/c1-8-10-16-17(29-23(5,26-7)22(4,25-6)28-16)14-13-15-11-9-12-18-19(15)20(24)30-21(2,3)27-18/h8-14,16-17H,1-7H3/b10-8+,14-13+/t16-,17-,22+,23+/m0/s1. The van der Waals surface area contributed by atoms with Crippen LogP contribution < -0.4 is 4.74 Å². The summed E-state index contributed by atoms with van der Waals surface area (Å²) in [5.41, 5.74) is 1.04. The molecular formula is C23H30O7. The van der Waals surface area contributed by atoms with Crippen molar-refractivity contribution in [2.24, 2.45) is 0 Å². The first-order valence-corrected chi connectivity index (χ1v) is 9.90. The van der Waals surface area contributed by atoms with Crippen LogP contribution in [-0.2, 0) is 23.7 Å². The van der Waals surface area contributed by atoms with Gasteiger partial charge in [0, 0.05) is 28.1 Å². The number of fused-ring (bicyclic) bond motifs is 1. The number of carbonyl (C=O) groups excluding carboxylic acids is 1. The number of carbonyl (C=O) groups is 1. The molecule has 0 spiro atoms. The lowest BCUT2D eigenvalue weighted by atomic mass is 10.0. The summed E-state index contributed by atoms with van der Waals surface area (Å²) in [7, 11) is 3.09. The minimum absolute atomic E-state index is 0.378. The normalized spacial score (nSPS) is 33.4. The third-order valence-electron chi connectivity index (χ3n) is 5.45. The molecule has 7 heteroatoms. The molecule has 0 N–H and O–H groups in total. The van der Waals surface area contributed by atoms with Gasteiger partial charge in [-0.15, -0.1) is 0 Å². The van der Waals surface area contributed by atoms with Gasteiger partial charge in [0.1, 0.15) is 23.5 Å². The zero-order valence-corrected chi connectivity index (χ0v) is 18.6. The van der Waals surface area contributed by atoms with Gasteiger partial charge in [0.15, 0.2) is 0 Å². The molecule has 2 aliphatic heterocycles. The smallest absolute Gasteiger partial charge is 0.345 e. The molecule has 164 valence electrons. The highest BCUT2D eigenvalue weighted by Crippen LogP contribution is 2.40. The van der Waals surface area contributed by atoms with Crippen molar-refractivity contribution in [3.8, 4) is 5.75 Å². The number of allylic oxidation sites excluding steroid dienone is 1. The van der Waals surface area contributed by atoms with Crippen LogP contribution >= 0.6 is 0 Å². The number of hydrogen-bond donors (Lipinski definition) is 0. The van der Waals surface area contributed by atoms with E-state index in [1.807, 2.05) is 37.3 Å². The predicted octanol–water partition coefficient (Wildman–Crippen LogP) is 4.07. The summed E-state index contributed by atoms with van der Waals surface area (Å²) in [6, 6.07) is 5.40. The van der Waals surface area contributed by atoms with Crippen molar-refractivity contribution in [1.29, 1.82) is 0 Å². The van der Waals surface area contributed by atoms with Crippen molar-refractivity contribution in [2.45, 2.75) is 64.2 Å². The zero-order valence-electron chi connectivity index (χ0n) is 18.6. The lowest BCUT2D eigenvalue weighted by Gasteiger charge is -2.51. The summed E-state index contributed by atoms with van der Waals surface area (Å²) in [6.07, 6.45) is 6.51. The van der Waals surface area contributed by atoms with Gasteiger partial charge in [-0.25, -0.2) is 4.79 Å². The topological polar surface area (TPSA) is 72.5 Å². The fourth-order valence-electron chi connectivity index (χ4n) is 3.57. The maximum atomic E-state index is 12.6. The molecular weight excluding hydrogens is 388 g/mol. The van der Waals surface area contributed by atoms with E-state index >= 15 is 0 Å². The summed E-state index contributed by atoms with van der Waals surface area (Å²) in [4.78, 5) is 12.6. The highest BCUT2D eigenvalue weighted by atomic mass is 16.8. The Kier molecular flexibility index (Phi) is 6.11. The van der Waals surface area contributed by atoms with Crippen molar-refractivity contribution in [1.82, 2.24) is 0 Å². The molecule has 1 aromatic rings. The third-order valence-corrected chi connectivity index (χ3v) is 5.45. The van der Waals surface area contributed by atoms with Gasteiger partial charge >= 0.3 is 5.97 Å². The second kappa shape index (κ2) is 8.15. The van der Waals surface area contributed by atoms with Gasteiger partial charge in [0.25, 0.3) is 0 Å². The molecule has 0 bridgehead atoms. The van der Waals surface area contributed by atoms with Crippen LogP contribution in [0.15, 0.2) is 36.4 Å². The molecule has 0 aromatic heterocycles. The number of benzene rings is 1. The first kappa shape index (κ1) is 22.5. The van der Waals surface area contributed by atoms with Gasteiger partial charge in [0.05, 0.1) is 0 Å². The van der Waals surface area contributed by atoms with Crippen LogP contribution in [0, 0.1) is 0 Å². The van der Waals surface area contributed by atoms with Crippen LogP contribution in [0.1, 0.15) is 50.5 Å². The molecule has 7 nitrogen and oxygen atoms in total. The van der Waals surface area contributed by atoms with E-state index < -0.39 is 35.5 Å². The summed E-state index contributed by atoms with van der Waals surface area (Å²) < 4.78 is 34.8. The molecule has 3 rings (SSSR count). The van der Waals surface area contributed by atoms with Gasteiger partial charge < -0.3 is 28.4 Å². The summed E-state index contributed by atoms with van der Waals surface area (Å²) >= 11 is 0. The molecule has 0 saturated carbocycles. The van der Waals surface area contributed by atoms with Gasteiger partial charge in [-0.3, -0.25) is 0 Å². The molecule has 0 amide bonds. The lowest BCUT2D eigenvalue weighted by molar-refractivity contribution is -0.436. The highest BCUT2D eigenvalue weighted by molar-refractivity contribution is 5.97. The van der Waals surface area contributed by atoms with Crippen LogP contribution in [-0.4, -0.2) is 49.8 Å². The number of cyclic esters (lactones) is 1. The van der Waals surface area contributed by atoms with E-state index in [9.17, 15) is 4.79 Å². The van der Waals surface area contributed by atoms with E-state index in [4.69, 9.17) is 28.4 Å². The predicted molar refractivity (Wildman–Crippen MR) is 111 cm³/mol. The van der Waals surface area contributed by atoms with E-state index in [1.165, 1.54) is 0 Å². The number of hydrogen-bond acceptors (Lipinski definition) is 7. The van der Waals surface area contributed by atoms with Gasteiger partial charge in [-0.2, -0.15) is 0 Å². The SMILES string of the molecule is C/C=C/[C@@H]1O[C@@](C)(OC)[C@](C)(OC)O[C@H]1/C=C/c1cccc2c1C(=O)OC(C)(C)O2. The molecule has 2 heterocycles. The highest BCUT2D eigenvalue weighted by Gasteiger charge is 2.55. The second-order valence-corrected chi connectivity index (χ2v) is 7.96. The molecule has 0 unspecified atom stereocenters. The van der Waals surface area contributed by atoms with Crippen LogP contribution in [0.2, 0.25) is 0 Å². The summed E-state index contributed by atoms with van der Waals surface area (Å²) in [5, 5.41) is 0. The monoisotopic (exact) mass is 418 g/mol. The molecule has 2 aliphatic rings. The Balaban J connectivity index is 1.94. The first-order chi connectivity index (χ1) is 14.1. The molecule has 0 aliphatic carbocycles. The molecule has 4 atom stereocenters. The van der Waals surface area contributed by atoms with E-state index in [2.05, 4.69) is 0 Å². The van der Waals surface area contributed by atoms with Crippen molar-refractivity contribution in [3.05, 3.63) is 47.6 Å². The van der Waals surface area contributed by atoms with E-state index in [-0.39, 0.29) is 0 Å².